The Morgan fingerprint density at radius 2 is 1.68 bits per heavy atom. The Balaban J connectivity index is 1.39. The van der Waals surface area contributed by atoms with E-state index < -0.39 is 23.4 Å². The molecule has 1 atom stereocenters. The molecule has 5 nitrogen and oxygen atoms in total. The van der Waals surface area contributed by atoms with Gasteiger partial charge < -0.3 is 9.47 Å². The molecular formula is C25H27F4N3O2. The van der Waals surface area contributed by atoms with Gasteiger partial charge in [-0.25, -0.2) is 4.39 Å². The number of pyridine rings is 1. The van der Waals surface area contributed by atoms with Crippen molar-refractivity contribution in [2.75, 3.05) is 7.11 Å². The van der Waals surface area contributed by atoms with E-state index in [0.29, 0.717) is 31.5 Å². The molecule has 2 aliphatic carbocycles. The Bertz CT molecular complexity index is 1200. The van der Waals surface area contributed by atoms with Crippen LogP contribution >= 0.6 is 0 Å². The standard InChI is InChI=1S/C25H27F4N3O2/c1-23(2)14-18(23)21-30-31-22-20(25(27,28)29)19(10-13-32(21)22)34-17-8-11-24(33-3,12-9-17)15-4-6-16(26)7-5-15/h4-7,10,13,17-18H,8-9,11-12,14H2,1-3H3. The molecule has 0 saturated heterocycles. The molecule has 0 bridgehead atoms. The molecule has 2 heterocycles. The lowest BCUT2D eigenvalue weighted by Crippen LogP contribution is -2.37. The summed E-state index contributed by atoms with van der Waals surface area (Å²) in [6.45, 7) is 4.13. The molecule has 0 aliphatic heterocycles. The van der Waals surface area contributed by atoms with Crippen LogP contribution in [0.25, 0.3) is 5.65 Å². The summed E-state index contributed by atoms with van der Waals surface area (Å²) < 4.78 is 68.9. The zero-order valence-corrected chi connectivity index (χ0v) is 19.3. The molecule has 182 valence electrons. The van der Waals surface area contributed by atoms with E-state index in [1.165, 1.54) is 22.6 Å². The average Bonchev–Trinajstić information content (AvgIpc) is 3.22. The Morgan fingerprint density at radius 3 is 2.24 bits per heavy atom. The van der Waals surface area contributed by atoms with Crippen molar-refractivity contribution in [1.82, 2.24) is 14.6 Å². The maximum atomic E-state index is 14.1. The molecule has 2 fully saturated rings. The maximum Gasteiger partial charge on any atom is 0.423 e. The third-order valence-electron chi connectivity index (χ3n) is 7.47. The highest BCUT2D eigenvalue weighted by Crippen LogP contribution is 2.58. The molecule has 9 heteroatoms. The number of benzene rings is 1. The molecule has 34 heavy (non-hydrogen) atoms. The summed E-state index contributed by atoms with van der Waals surface area (Å²) in [6.07, 6.45) is -0.499. The van der Waals surface area contributed by atoms with E-state index in [9.17, 15) is 17.6 Å². The summed E-state index contributed by atoms with van der Waals surface area (Å²) in [6, 6.07) is 7.54. The van der Waals surface area contributed by atoms with Gasteiger partial charge in [-0.1, -0.05) is 26.0 Å². The lowest BCUT2D eigenvalue weighted by molar-refractivity contribution is -0.138. The van der Waals surface area contributed by atoms with Crippen LogP contribution in [0.15, 0.2) is 36.5 Å². The lowest BCUT2D eigenvalue weighted by atomic mass is 9.78. The lowest BCUT2D eigenvalue weighted by Gasteiger charge is -2.39. The van der Waals surface area contributed by atoms with E-state index in [2.05, 4.69) is 24.0 Å². The first-order valence-corrected chi connectivity index (χ1v) is 11.5. The summed E-state index contributed by atoms with van der Waals surface area (Å²) in [7, 11) is 1.60. The van der Waals surface area contributed by atoms with Crippen molar-refractivity contribution >= 4 is 5.65 Å². The average molecular weight is 478 g/mol. The second kappa shape index (κ2) is 7.93. The zero-order valence-electron chi connectivity index (χ0n) is 19.3. The molecule has 1 aromatic carbocycles. The Kier molecular flexibility index (Phi) is 5.39. The molecule has 2 saturated carbocycles. The van der Waals surface area contributed by atoms with Crippen molar-refractivity contribution < 1.29 is 27.0 Å². The first kappa shape index (κ1) is 23.1. The number of nitrogens with zero attached hydrogens (tertiary/aromatic N) is 3. The number of rotatable bonds is 5. The van der Waals surface area contributed by atoms with Gasteiger partial charge >= 0.3 is 6.18 Å². The predicted molar refractivity (Wildman–Crippen MR) is 117 cm³/mol. The summed E-state index contributed by atoms with van der Waals surface area (Å²) in [5.41, 5.74) is -0.864. The van der Waals surface area contributed by atoms with Crippen LogP contribution in [0.3, 0.4) is 0 Å². The molecule has 0 radical (unpaired) electrons. The van der Waals surface area contributed by atoms with Gasteiger partial charge in [0.1, 0.15) is 23.0 Å². The summed E-state index contributed by atoms with van der Waals surface area (Å²) in [5.74, 6) is 0.0795. The highest BCUT2D eigenvalue weighted by Gasteiger charge is 2.50. The van der Waals surface area contributed by atoms with Gasteiger partial charge in [-0.2, -0.15) is 13.2 Å². The molecule has 3 aromatic rings. The van der Waals surface area contributed by atoms with Crippen molar-refractivity contribution in [3.63, 3.8) is 0 Å². The molecule has 0 amide bonds. The predicted octanol–water partition coefficient (Wildman–Crippen LogP) is 6.26. The minimum atomic E-state index is -4.64. The summed E-state index contributed by atoms with van der Waals surface area (Å²) >= 11 is 0. The normalized spacial score (nSPS) is 26.6. The van der Waals surface area contributed by atoms with Gasteiger partial charge in [0.2, 0.25) is 0 Å². The number of aromatic nitrogens is 3. The number of ether oxygens (including phenoxy) is 2. The molecule has 2 aromatic heterocycles. The molecule has 0 spiro atoms. The van der Waals surface area contributed by atoms with Crippen LogP contribution in [0, 0.1) is 11.2 Å². The topological polar surface area (TPSA) is 48.7 Å². The van der Waals surface area contributed by atoms with Crippen molar-refractivity contribution in [3.05, 3.63) is 59.3 Å². The van der Waals surface area contributed by atoms with E-state index in [0.717, 1.165) is 12.0 Å². The maximum absolute atomic E-state index is 14.1. The Hall–Kier alpha value is -2.68. The highest BCUT2D eigenvalue weighted by atomic mass is 19.4. The quantitative estimate of drug-likeness (QED) is 0.407. The second-order valence-electron chi connectivity index (χ2n) is 10.1. The van der Waals surface area contributed by atoms with Crippen LogP contribution < -0.4 is 4.74 Å². The fraction of sp³-hybridized carbons (Fsp3) is 0.520. The minimum Gasteiger partial charge on any atom is -0.490 e. The number of fused-ring (bicyclic) bond motifs is 1. The number of alkyl halides is 3. The molecular weight excluding hydrogens is 450 g/mol. The third-order valence-corrected chi connectivity index (χ3v) is 7.47. The van der Waals surface area contributed by atoms with Crippen LogP contribution in [-0.4, -0.2) is 27.8 Å². The van der Waals surface area contributed by atoms with E-state index in [1.807, 2.05) is 0 Å². The number of hydrogen-bond donors (Lipinski definition) is 0. The second-order valence-corrected chi connectivity index (χ2v) is 10.1. The van der Waals surface area contributed by atoms with Gasteiger partial charge in [0.25, 0.3) is 0 Å². The number of halogens is 4. The van der Waals surface area contributed by atoms with Crippen LogP contribution in [-0.2, 0) is 16.5 Å². The van der Waals surface area contributed by atoms with Crippen molar-refractivity contribution in [2.24, 2.45) is 5.41 Å². The first-order valence-electron chi connectivity index (χ1n) is 11.5. The van der Waals surface area contributed by atoms with Gasteiger partial charge in [-0.05, 0) is 61.3 Å². The van der Waals surface area contributed by atoms with Crippen LogP contribution in [0.4, 0.5) is 17.6 Å². The largest absolute Gasteiger partial charge is 0.490 e. The first-order chi connectivity index (χ1) is 16.0. The van der Waals surface area contributed by atoms with Crippen LogP contribution in [0.5, 0.6) is 5.75 Å². The van der Waals surface area contributed by atoms with Crippen LogP contribution in [0.1, 0.15) is 68.8 Å². The monoisotopic (exact) mass is 477 g/mol. The smallest absolute Gasteiger partial charge is 0.423 e. The fourth-order valence-electron chi connectivity index (χ4n) is 5.19. The Morgan fingerprint density at radius 1 is 1.03 bits per heavy atom. The third kappa shape index (κ3) is 3.93. The Labute approximate surface area is 195 Å². The molecule has 1 unspecified atom stereocenters. The van der Waals surface area contributed by atoms with Crippen LogP contribution in [0.2, 0.25) is 0 Å². The van der Waals surface area contributed by atoms with E-state index in [1.54, 1.807) is 25.4 Å². The summed E-state index contributed by atoms with van der Waals surface area (Å²) in [5, 5.41) is 8.01. The van der Waals surface area contributed by atoms with E-state index in [4.69, 9.17) is 9.47 Å². The van der Waals surface area contributed by atoms with Gasteiger partial charge in [-0.15, -0.1) is 10.2 Å². The zero-order chi connectivity index (χ0) is 24.3. The van der Waals surface area contributed by atoms with Gasteiger partial charge in [0, 0.05) is 19.2 Å². The highest BCUT2D eigenvalue weighted by molar-refractivity contribution is 5.57. The molecule has 0 N–H and O–H groups in total. The van der Waals surface area contributed by atoms with E-state index in [-0.39, 0.29) is 28.5 Å². The number of hydrogen-bond acceptors (Lipinski definition) is 4. The SMILES string of the molecule is COC1(c2ccc(F)cc2)CCC(Oc2ccn3c(C4CC4(C)C)nnc3c2C(F)(F)F)CC1. The van der Waals surface area contributed by atoms with Crippen molar-refractivity contribution in [3.8, 4) is 5.75 Å². The van der Waals surface area contributed by atoms with E-state index >= 15 is 0 Å². The molecule has 5 rings (SSSR count). The summed E-state index contributed by atoms with van der Waals surface area (Å²) in [4.78, 5) is 0. The van der Waals surface area contributed by atoms with Gasteiger partial charge in [-0.3, -0.25) is 4.40 Å². The van der Waals surface area contributed by atoms with Gasteiger partial charge in [0.05, 0.1) is 11.7 Å². The van der Waals surface area contributed by atoms with Crippen molar-refractivity contribution in [2.45, 2.75) is 69.8 Å². The number of methoxy groups -OCH3 is 1. The van der Waals surface area contributed by atoms with Gasteiger partial charge in [0.15, 0.2) is 5.65 Å². The minimum absolute atomic E-state index is 0.0109. The molecule has 2 aliphatic rings. The fourth-order valence-corrected chi connectivity index (χ4v) is 5.19. The van der Waals surface area contributed by atoms with Crippen molar-refractivity contribution in [1.29, 1.82) is 0 Å².